The second-order valence-corrected chi connectivity index (χ2v) is 5.83. The normalized spacial score (nSPS) is 13.6. The highest BCUT2D eigenvalue weighted by molar-refractivity contribution is 5.98. The summed E-state index contributed by atoms with van der Waals surface area (Å²) in [5.41, 5.74) is 1.16. The minimum absolute atomic E-state index is 0.0185. The number of anilines is 2. The summed E-state index contributed by atoms with van der Waals surface area (Å²) in [4.78, 5) is 37.4. The van der Waals surface area contributed by atoms with Gasteiger partial charge in [-0.3, -0.25) is 9.59 Å². The average molecular weight is 356 g/mol. The monoisotopic (exact) mass is 356 g/mol. The molecule has 134 valence electrons. The molecule has 2 aromatic rings. The SMILES string of the molecule is O=C(COC(=O)c1cccc(N2CCCC2=O)c1)Nc1cccc(F)c1. The van der Waals surface area contributed by atoms with E-state index in [0.29, 0.717) is 18.7 Å². The van der Waals surface area contributed by atoms with E-state index in [2.05, 4.69) is 5.32 Å². The fourth-order valence-electron chi connectivity index (χ4n) is 2.70. The third-order valence-electron chi connectivity index (χ3n) is 3.91. The zero-order valence-corrected chi connectivity index (χ0v) is 13.9. The number of ether oxygens (including phenoxy) is 1. The van der Waals surface area contributed by atoms with Gasteiger partial charge in [0.2, 0.25) is 5.91 Å². The molecular formula is C19H17FN2O4. The molecule has 2 amide bonds. The highest BCUT2D eigenvalue weighted by atomic mass is 19.1. The van der Waals surface area contributed by atoms with Crippen molar-refractivity contribution in [3.05, 3.63) is 59.9 Å². The predicted octanol–water partition coefficient (Wildman–Crippen LogP) is 2.75. The Morgan fingerprint density at radius 1 is 1.15 bits per heavy atom. The number of rotatable bonds is 5. The molecule has 0 aliphatic carbocycles. The van der Waals surface area contributed by atoms with Gasteiger partial charge in [0.25, 0.3) is 5.91 Å². The van der Waals surface area contributed by atoms with Crippen LogP contribution in [0.5, 0.6) is 0 Å². The van der Waals surface area contributed by atoms with Crippen LogP contribution in [0.3, 0.4) is 0 Å². The molecule has 3 rings (SSSR count). The van der Waals surface area contributed by atoms with Crippen LogP contribution in [0, 0.1) is 5.82 Å². The average Bonchev–Trinajstić information content (AvgIpc) is 3.06. The van der Waals surface area contributed by atoms with Crippen LogP contribution in [0.25, 0.3) is 0 Å². The fourth-order valence-corrected chi connectivity index (χ4v) is 2.70. The number of hydrogen-bond acceptors (Lipinski definition) is 4. The topological polar surface area (TPSA) is 75.7 Å². The lowest BCUT2D eigenvalue weighted by atomic mass is 10.2. The number of nitrogens with zero attached hydrogens (tertiary/aromatic N) is 1. The second kappa shape index (κ2) is 7.77. The van der Waals surface area contributed by atoms with Crippen LogP contribution in [0.4, 0.5) is 15.8 Å². The van der Waals surface area contributed by atoms with E-state index in [1.54, 1.807) is 29.2 Å². The molecule has 0 unspecified atom stereocenters. The first-order valence-corrected chi connectivity index (χ1v) is 8.16. The minimum atomic E-state index is -0.673. The number of hydrogen-bond donors (Lipinski definition) is 1. The van der Waals surface area contributed by atoms with Crippen molar-refractivity contribution >= 4 is 29.2 Å². The van der Waals surface area contributed by atoms with Crippen LogP contribution in [0.1, 0.15) is 23.2 Å². The zero-order valence-electron chi connectivity index (χ0n) is 13.9. The predicted molar refractivity (Wildman–Crippen MR) is 93.3 cm³/mol. The van der Waals surface area contributed by atoms with Crippen molar-refractivity contribution in [2.45, 2.75) is 12.8 Å². The lowest BCUT2D eigenvalue weighted by molar-refractivity contribution is -0.119. The van der Waals surface area contributed by atoms with Gasteiger partial charge in [0.1, 0.15) is 5.82 Å². The summed E-state index contributed by atoms with van der Waals surface area (Å²) in [5.74, 6) is -1.71. The molecule has 0 atom stereocenters. The van der Waals surface area contributed by atoms with Crippen LogP contribution in [-0.2, 0) is 14.3 Å². The van der Waals surface area contributed by atoms with Crippen molar-refractivity contribution in [1.82, 2.24) is 0 Å². The number of amides is 2. The van der Waals surface area contributed by atoms with Gasteiger partial charge >= 0.3 is 5.97 Å². The van der Waals surface area contributed by atoms with Gasteiger partial charge in [-0.25, -0.2) is 9.18 Å². The minimum Gasteiger partial charge on any atom is -0.452 e. The van der Waals surface area contributed by atoms with Crippen molar-refractivity contribution < 1.29 is 23.5 Å². The fraction of sp³-hybridized carbons (Fsp3) is 0.211. The summed E-state index contributed by atoms with van der Waals surface area (Å²) in [6.45, 7) is 0.121. The lowest BCUT2D eigenvalue weighted by Crippen LogP contribution is -2.24. The maximum atomic E-state index is 13.1. The summed E-state index contributed by atoms with van der Waals surface area (Å²) < 4.78 is 18.1. The summed E-state index contributed by atoms with van der Waals surface area (Å²) >= 11 is 0. The molecule has 1 saturated heterocycles. The molecule has 7 heteroatoms. The van der Waals surface area contributed by atoms with Gasteiger partial charge in [-0.1, -0.05) is 12.1 Å². The summed E-state index contributed by atoms with van der Waals surface area (Å²) in [5, 5.41) is 2.44. The number of esters is 1. The molecular weight excluding hydrogens is 339 g/mol. The maximum Gasteiger partial charge on any atom is 0.338 e. The van der Waals surface area contributed by atoms with Gasteiger partial charge in [0.15, 0.2) is 6.61 Å². The molecule has 0 bridgehead atoms. The van der Waals surface area contributed by atoms with Crippen LogP contribution >= 0.6 is 0 Å². The van der Waals surface area contributed by atoms with Gasteiger partial charge in [-0.05, 0) is 42.8 Å². The Morgan fingerprint density at radius 2 is 1.96 bits per heavy atom. The standard InChI is InChI=1S/C19H17FN2O4/c20-14-5-2-6-15(11-14)21-17(23)12-26-19(25)13-4-1-7-16(10-13)22-9-3-8-18(22)24/h1-2,4-7,10-11H,3,8-9,12H2,(H,21,23). The largest absolute Gasteiger partial charge is 0.452 e. The molecule has 0 spiro atoms. The van der Waals surface area contributed by atoms with E-state index in [-0.39, 0.29) is 17.2 Å². The van der Waals surface area contributed by atoms with E-state index >= 15 is 0 Å². The van der Waals surface area contributed by atoms with Gasteiger partial charge in [-0.2, -0.15) is 0 Å². The number of carbonyl (C=O) groups is 3. The molecule has 0 aromatic heterocycles. The Morgan fingerprint density at radius 3 is 2.69 bits per heavy atom. The number of carbonyl (C=O) groups excluding carboxylic acids is 3. The zero-order chi connectivity index (χ0) is 18.5. The van der Waals surface area contributed by atoms with Gasteiger partial charge in [0.05, 0.1) is 5.56 Å². The molecule has 1 aliphatic heterocycles. The molecule has 0 saturated carbocycles. The van der Waals surface area contributed by atoms with Crippen molar-refractivity contribution in [3.8, 4) is 0 Å². The highest BCUT2D eigenvalue weighted by Gasteiger charge is 2.22. The molecule has 6 nitrogen and oxygen atoms in total. The van der Waals surface area contributed by atoms with E-state index in [1.165, 1.54) is 18.2 Å². The summed E-state index contributed by atoms with van der Waals surface area (Å²) in [7, 11) is 0. The molecule has 2 aromatic carbocycles. The van der Waals surface area contributed by atoms with E-state index in [9.17, 15) is 18.8 Å². The molecule has 1 aliphatic rings. The van der Waals surface area contributed by atoms with E-state index in [0.717, 1.165) is 12.5 Å². The molecule has 1 fully saturated rings. The molecule has 1 N–H and O–H groups in total. The molecule has 1 heterocycles. The van der Waals surface area contributed by atoms with Gasteiger partial charge < -0.3 is 15.0 Å². The number of benzene rings is 2. The Balaban J connectivity index is 1.58. The van der Waals surface area contributed by atoms with Crippen LogP contribution in [-0.4, -0.2) is 30.9 Å². The van der Waals surface area contributed by atoms with Crippen LogP contribution in [0.15, 0.2) is 48.5 Å². The van der Waals surface area contributed by atoms with Crippen molar-refractivity contribution in [2.75, 3.05) is 23.4 Å². The lowest BCUT2D eigenvalue weighted by Gasteiger charge is -2.16. The third-order valence-corrected chi connectivity index (χ3v) is 3.91. The van der Waals surface area contributed by atoms with E-state index < -0.39 is 24.3 Å². The van der Waals surface area contributed by atoms with Crippen molar-refractivity contribution in [1.29, 1.82) is 0 Å². The van der Waals surface area contributed by atoms with E-state index in [4.69, 9.17) is 4.74 Å². The van der Waals surface area contributed by atoms with Crippen LogP contribution < -0.4 is 10.2 Å². The van der Waals surface area contributed by atoms with Crippen molar-refractivity contribution in [3.63, 3.8) is 0 Å². The first-order chi connectivity index (χ1) is 12.5. The smallest absolute Gasteiger partial charge is 0.338 e. The Bertz CT molecular complexity index is 853. The van der Waals surface area contributed by atoms with Crippen LogP contribution in [0.2, 0.25) is 0 Å². The molecule has 0 radical (unpaired) electrons. The molecule has 26 heavy (non-hydrogen) atoms. The summed E-state index contributed by atoms with van der Waals surface area (Å²) in [6, 6.07) is 11.9. The maximum absolute atomic E-state index is 13.1. The van der Waals surface area contributed by atoms with Gasteiger partial charge in [0, 0.05) is 24.3 Å². The Hall–Kier alpha value is -3.22. The number of nitrogens with one attached hydrogen (secondary N) is 1. The summed E-state index contributed by atoms with van der Waals surface area (Å²) in [6.07, 6.45) is 1.28. The quantitative estimate of drug-likeness (QED) is 0.836. The highest BCUT2D eigenvalue weighted by Crippen LogP contribution is 2.22. The first-order valence-electron chi connectivity index (χ1n) is 8.16. The van der Waals surface area contributed by atoms with E-state index in [1.807, 2.05) is 0 Å². The second-order valence-electron chi connectivity index (χ2n) is 5.83. The third kappa shape index (κ3) is 4.24. The Labute approximate surface area is 149 Å². The Kier molecular flexibility index (Phi) is 5.26. The number of halogens is 1. The first kappa shape index (κ1) is 17.6. The van der Waals surface area contributed by atoms with Gasteiger partial charge in [-0.15, -0.1) is 0 Å². The van der Waals surface area contributed by atoms with Crippen molar-refractivity contribution in [2.24, 2.45) is 0 Å².